The molecule has 1 aromatic rings. The first-order chi connectivity index (χ1) is 8.70. The van der Waals surface area contributed by atoms with Crippen LogP contribution in [0.15, 0.2) is 6.33 Å². The van der Waals surface area contributed by atoms with Gasteiger partial charge in [0.25, 0.3) is 0 Å². The highest BCUT2D eigenvalue weighted by atomic mass is 79.9. The van der Waals surface area contributed by atoms with Gasteiger partial charge in [-0.15, -0.1) is 0 Å². The maximum Gasteiger partial charge on any atom is 0.221 e. The van der Waals surface area contributed by atoms with Crippen LogP contribution in [0.25, 0.3) is 0 Å². The Morgan fingerprint density at radius 2 is 2.06 bits per heavy atom. The summed E-state index contributed by atoms with van der Waals surface area (Å²) in [7, 11) is 2.07. The van der Waals surface area contributed by atoms with E-state index in [-0.39, 0.29) is 0 Å². The van der Waals surface area contributed by atoms with Crippen molar-refractivity contribution in [1.29, 1.82) is 0 Å². The molecule has 0 saturated carbocycles. The fraction of sp³-hybridized carbons (Fsp3) is 0.692. The van der Waals surface area contributed by atoms with Crippen molar-refractivity contribution in [2.75, 3.05) is 30.4 Å². The molecule has 102 valence electrons. The molecule has 0 radical (unpaired) electrons. The summed E-state index contributed by atoms with van der Waals surface area (Å²) in [5.41, 5.74) is 1.02. The molecule has 0 unspecified atom stereocenters. The molecule has 0 bridgehead atoms. The molecule has 1 heterocycles. The van der Waals surface area contributed by atoms with Crippen LogP contribution in [0.1, 0.15) is 31.7 Å². The molecule has 0 spiro atoms. The van der Waals surface area contributed by atoms with Gasteiger partial charge in [0.2, 0.25) is 5.88 Å². The highest BCUT2D eigenvalue weighted by Gasteiger charge is 2.11. The van der Waals surface area contributed by atoms with E-state index in [1.165, 1.54) is 19.3 Å². The number of alkyl halides is 1. The van der Waals surface area contributed by atoms with Crippen LogP contribution in [0.4, 0.5) is 5.82 Å². The molecule has 18 heavy (non-hydrogen) atoms. The highest BCUT2D eigenvalue weighted by molar-refractivity contribution is 9.09. The second-order valence-corrected chi connectivity index (χ2v) is 5.02. The molecular formula is C13H22BrN3O. The van der Waals surface area contributed by atoms with Gasteiger partial charge >= 0.3 is 0 Å². The second kappa shape index (κ2) is 8.29. The summed E-state index contributed by atoms with van der Waals surface area (Å²) in [6, 6.07) is 0. The summed E-state index contributed by atoms with van der Waals surface area (Å²) in [6.07, 6.45) is 5.21. The normalized spacial score (nSPS) is 10.4. The number of rotatable bonds is 8. The topological polar surface area (TPSA) is 38.3 Å². The van der Waals surface area contributed by atoms with Crippen molar-refractivity contribution in [2.24, 2.45) is 0 Å². The van der Waals surface area contributed by atoms with E-state index in [1.807, 2.05) is 13.8 Å². The Bertz CT molecular complexity index is 360. The van der Waals surface area contributed by atoms with E-state index in [2.05, 4.69) is 37.8 Å². The van der Waals surface area contributed by atoms with Crippen molar-refractivity contribution in [3.63, 3.8) is 0 Å². The monoisotopic (exact) mass is 315 g/mol. The minimum absolute atomic E-state index is 0.631. The van der Waals surface area contributed by atoms with Crippen molar-refractivity contribution in [2.45, 2.75) is 33.1 Å². The lowest BCUT2D eigenvalue weighted by atomic mass is 10.2. The smallest absolute Gasteiger partial charge is 0.221 e. The number of anilines is 1. The van der Waals surface area contributed by atoms with Crippen LogP contribution in [0, 0.1) is 6.92 Å². The van der Waals surface area contributed by atoms with Crippen molar-refractivity contribution in [3.05, 3.63) is 11.9 Å². The summed E-state index contributed by atoms with van der Waals surface area (Å²) < 4.78 is 5.49. The minimum atomic E-state index is 0.631. The maximum absolute atomic E-state index is 5.49. The van der Waals surface area contributed by atoms with Gasteiger partial charge in [0.15, 0.2) is 0 Å². The first-order valence-corrected chi connectivity index (χ1v) is 7.54. The molecule has 1 aromatic heterocycles. The van der Waals surface area contributed by atoms with E-state index < -0.39 is 0 Å². The number of ether oxygens (including phenoxy) is 1. The zero-order valence-corrected chi connectivity index (χ0v) is 13.0. The van der Waals surface area contributed by atoms with Crippen LogP contribution < -0.4 is 9.64 Å². The number of aromatic nitrogens is 2. The Labute approximate surface area is 118 Å². The molecular weight excluding hydrogens is 294 g/mol. The van der Waals surface area contributed by atoms with Gasteiger partial charge in [-0.25, -0.2) is 9.97 Å². The van der Waals surface area contributed by atoms with Crippen molar-refractivity contribution in [3.8, 4) is 5.88 Å². The van der Waals surface area contributed by atoms with Gasteiger partial charge in [0.1, 0.15) is 12.1 Å². The predicted molar refractivity (Wildman–Crippen MR) is 78.9 cm³/mol. The van der Waals surface area contributed by atoms with Crippen molar-refractivity contribution in [1.82, 2.24) is 9.97 Å². The zero-order valence-electron chi connectivity index (χ0n) is 11.4. The lowest BCUT2D eigenvalue weighted by molar-refractivity contribution is 0.323. The van der Waals surface area contributed by atoms with Crippen LogP contribution in [-0.2, 0) is 0 Å². The van der Waals surface area contributed by atoms with E-state index in [0.29, 0.717) is 12.5 Å². The van der Waals surface area contributed by atoms with Gasteiger partial charge in [-0.05, 0) is 26.7 Å². The van der Waals surface area contributed by atoms with Crippen LogP contribution in [0.2, 0.25) is 0 Å². The molecule has 4 nitrogen and oxygen atoms in total. The van der Waals surface area contributed by atoms with Gasteiger partial charge < -0.3 is 9.64 Å². The number of hydrogen-bond donors (Lipinski definition) is 0. The SMILES string of the molecule is CCOc1ncnc(N(C)CCCCCBr)c1C. The number of halogens is 1. The van der Waals surface area contributed by atoms with E-state index in [0.717, 1.165) is 23.3 Å². The number of nitrogens with zero attached hydrogens (tertiary/aromatic N) is 3. The third-order valence-corrected chi connectivity index (χ3v) is 3.34. The lowest BCUT2D eigenvalue weighted by Gasteiger charge is -2.20. The molecule has 1 rings (SSSR count). The molecule has 5 heteroatoms. The lowest BCUT2D eigenvalue weighted by Crippen LogP contribution is -2.21. The standard InChI is InChI=1S/C13H22BrN3O/c1-4-18-13-11(2)12(15-10-16-13)17(3)9-7-5-6-8-14/h10H,4-9H2,1-3H3. The van der Waals surface area contributed by atoms with Crippen LogP contribution >= 0.6 is 15.9 Å². The molecule has 0 aliphatic carbocycles. The number of hydrogen-bond acceptors (Lipinski definition) is 4. The molecule has 0 atom stereocenters. The van der Waals surface area contributed by atoms with Gasteiger partial charge in [0, 0.05) is 18.9 Å². The molecule has 0 aliphatic heterocycles. The van der Waals surface area contributed by atoms with E-state index in [4.69, 9.17) is 4.74 Å². The molecule has 0 aliphatic rings. The number of unbranched alkanes of at least 4 members (excludes halogenated alkanes) is 2. The fourth-order valence-corrected chi connectivity index (χ4v) is 2.22. The fourth-order valence-electron chi connectivity index (χ4n) is 1.82. The van der Waals surface area contributed by atoms with E-state index >= 15 is 0 Å². The van der Waals surface area contributed by atoms with Crippen molar-refractivity contribution < 1.29 is 4.74 Å². The first kappa shape index (κ1) is 15.2. The van der Waals surface area contributed by atoms with E-state index in [9.17, 15) is 0 Å². The van der Waals surface area contributed by atoms with Gasteiger partial charge in [-0.2, -0.15) is 0 Å². The summed E-state index contributed by atoms with van der Waals surface area (Å²) in [4.78, 5) is 10.7. The summed E-state index contributed by atoms with van der Waals surface area (Å²) in [5, 5.41) is 1.08. The third kappa shape index (κ3) is 4.44. The van der Waals surface area contributed by atoms with Crippen LogP contribution in [0.5, 0.6) is 5.88 Å². The minimum Gasteiger partial charge on any atom is -0.478 e. The molecule has 0 aromatic carbocycles. The Balaban J connectivity index is 2.61. The van der Waals surface area contributed by atoms with Gasteiger partial charge in [-0.3, -0.25) is 0 Å². The Morgan fingerprint density at radius 1 is 1.28 bits per heavy atom. The predicted octanol–water partition coefficient (Wildman–Crippen LogP) is 3.19. The van der Waals surface area contributed by atoms with Crippen molar-refractivity contribution >= 4 is 21.7 Å². The average molecular weight is 316 g/mol. The molecule has 0 amide bonds. The van der Waals surface area contributed by atoms with E-state index in [1.54, 1.807) is 6.33 Å². The maximum atomic E-state index is 5.49. The Kier molecular flexibility index (Phi) is 7.01. The average Bonchev–Trinajstić information content (AvgIpc) is 2.37. The Hall–Kier alpha value is -0.840. The largest absolute Gasteiger partial charge is 0.478 e. The highest BCUT2D eigenvalue weighted by Crippen LogP contribution is 2.23. The zero-order chi connectivity index (χ0) is 13.4. The first-order valence-electron chi connectivity index (χ1n) is 6.42. The second-order valence-electron chi connectivity index (χ2n) is 4.23. The summed E-state index contributed by atoms with van der Waals surface area (Å²) >= 11 is 3.45. The molecule has 0 N–H and O–H groups in total. The van der Waals surface area contributed by atoms with Crippen LogP contribution in [-0.4, -0.2) is 35.5 Å². The molecule has 0 saturated heterocycles. The quantitative estimate of drug-likeness (QED) is 0.545. The Morgan fingerprint density at radius 3 is 2.72 bits per heavy atom. The summed E-state index contributed by atoms with van der Waals surface area (Å²) in [6.45, 7) is 5.61. The third-order valence-electron chi connectivity index (χ3n) is 2.78. The summed E-state index contributed by atoms with van der Waals surface area (Å²) in [5.74, 6) is 1.65. The van der Waals surface area contributed by atoms with Gasteiger partial charge in [-0.1, -0.05) is 22.4 Å². The molecule has 0 fully saturated rings. The van der Waals surface area contributed by atoms with Crippen LogP contribution in [0.3, 0.4) is 0 Å². The van der Waals surface area contributed by atoms with Gasteiger partial charge in [0.05, 0.1) is 12.2 Å².